The number of thioether (sulfide) groups is 2. The number of hydrogen-bond acceptors (Lipinski definition) is 11. The quantitative estimate of drug-likeness (QED) is 0.0204. The minimum Gasteiger partial charge on any atom is -0.796 e. The van der Waals surface area contributed by atoms with E-state index < -0.39 is 32.3 Å². The van der Waals surface area contributed by atoms with Gasteiger partial charge in [-0.25, -0.2) is 0 Å². The second kappa shape index (κ2) is 40.1. The second-order valence-electron chi connectivity index (χ2n) is 31.0. The summed E-state index contributed by atoms with van der Waals surface area (Å²) in [5.41, 5.74) is 20.2. The first-order chi connectivity index (χ1) is 47.2. The number of hydrogen-bond donors (Lipinski definition) is 0. The van der Waals surface area contributed by atoms with Gasteiger partial charge in [-0.05, 0) is 93.7 Å². The summed E-state index contributed by atoms with van der Waals surface area (Å²) in [4.78, 5) is 77.1. The topological polar surface area (TPSA) is 81.2 Å². The van der Waals surface area contributed by atoms with Crippen molar-refractivity contribution in [1.29, 1.82) is 0 Å². The van der Waals surface area contributed by atoms with Gasteiger partial charge in [0.1, 0.15) is 32.3 Å². The molecule has 4 unspecified atom stereocenters. The zero-order valence-electron chi connectivity index (χ0n) is 65.5. The fourth-order valence-electron chi connectivity index (χ4n) is 12.6. The molecule has 4 atom stereocenters. The van der Waals surface area contributed by atoms with Crippen LogP contribution in [-0.2, 0) is 31.8 Å². The Kier molecular flexibility index (Phi) is 35.7. The van der Waals surface area contributed by atoms with E-state index in [0.717, 1.165) is 183 Å². The van der Waals surface area contributed by atoms with E-state index in [4.69, 9.17) is 0 Å². The molecule has 0 spiro atoms. The van der Waals surface area contributed by atoms with Crippen molar-refractivity contribution >= 4 is 214 Å². The average molecular weight is 1700 g/mol. The SMILES string of the molecule is CCCCC(CC)CN1C(=O)/C(=C2/C(=O)N(CC(CC)CCCC)c3c2sc(C#C[Si](C)(C)C)c3Br)c2sc(C#C[Si](C)(C)C)c(Br)c21.CCCCC(CC)CN1C(=O)/C(=C2/C(=O)N(CC(CC)CCCC)c3c2sc(C#C[Si](C)(C)C)c3SC)c2sc(C#C[Si](C)(C)C)c(SC)c21.C[S-].[Na+]. The summed E-state index contributed by atoms with van der Waals surface area (Å²) in [6.45, 7) is 47.5. The van der Waals surface area contributed by atoms with Gasteiger partial charge in [0, 0.05) is 26.2 Å². The Morgan fingerprint density at radius 1 is 0.376 bits per heavy atom. The first-order valence-electron chi connectivity index (χ1n) is 36.6. The van der Waals surface area contributed by atoms with Gasteiger partial charge in [0.25, 0.3) is 23.6 Å². The van der Waals surface area contributed by atoms with E-state index >= 15 is 0 Å². The molecule has 0 aromatic carbocycles. The molecule has 0 N–H and O–H groups in total. The van der Waals surface area contributed by atoms with Gasteiger partial charge < -0.3 is 32.2 Å². The van der Waals surface area contributed by atoms with Crippen molar-refractivity contribution in [2.45, 2.75) is 246 Å². The molecule has 0 saturated carbocycles. The van der Waals surface area contributed by atoms with Gasteiger partial charge in [0.15, 0.2) is 0 Å². The molecule has 8 rings (SSSR count). The molecule has 0 saturated heterocycles. The van der Waals surface area contributed by atoms with E-state index in [-0.39, 0.29) is 53.2 Å². The molecule has 101 heavy (non-hydrogen) atoms. The van der Waals surface area contributed by atoms with Crippen LogP contribution in [0.1, 0.15) is 197 Å². The Bertz CT molecular complexity index is 3710. The second-order valence-corrected chi connectivity index (χ2v) is 57.3. The van der Waals surface area contributed by atoms with Gasteiger partial charge in [0.05, 0.1) is 103 Å². The molecule has 546 valence electrons. The van der Waals surface area contributed by atoms with Gasteiger partial charge in [-0.2, -0.15) is 6.26 Å². The molecule has 4 aromatic rings. The van der Waals surface area contributed by atoms with Gasteiger partial charge >= 0.3 is 29.6 Å². The Morgan fingerprint density at radius 2 is 0.584 bits per heavy atom. The number of halogens is 2. The van der Waals surface area contributed by atoms with Gasteiger partial charge in [-0.3, -0.25) is 19.2 Å². The van der Waals surface area contributed by atoms with Crippen molar-refractivity contribution in [3.05, 3.63) is 48.0 Å². The third-order valence-electron chi connectivity index (χ3n) is 18.2. The van der Waals surface area contributed by atoms with Crippen LogP contribution in [0.3, 0.4) is 0 Å². The fraction of sp³-hybridized carbons (Fsp3) is 0.595. The van der Waals surface area contributed by atoms with Crippen molar-refractivity contribution in [2.75, 3.05) is 64.5 Å². The van der Waals surface area contributed by atoms with Crippen molar-refractivity contribution in [1.82, 2.24) is 0 Å². The zero-order chi connectivity index (χ0) is 74.5. The number of rotatable bonds is 26. The number of thiophene rings is 4. The zero-order valence-corrected chi connectivity index (χ0v) is 80.4. The van der Waals surface area contributed by atoms with E-state index in [1.54, 1.807) is 75.1 Å². The molecule has 4 aliphatic rings. The van der Waals surface area contributed by atoms with Crippen LogP contribution in [0.2, 0.25) is 78.6 Å². The Balaban J connectivity index is 0.000000352. The maximum Gasteiger partial charge on any atom is 1.00 e. The molecular weight excluding hydrogens is 1590 g/mol. The molecule has 0 bridgehead atoms. The van der Waals surface area contributed by atoms with Crippen LogP contribution in [0.5, 0.6) is 0 Å². The van der Waals surface area contributed by atoms with Crippen LogP contribution in [0, 0.1) is 69.5 Å². The molecule has 4 amide bonds. The smallest absolute Gasteiger partial charge is 0.796 e. The summed E-state index contributed by atoms with van der Waals surface area (Å²) in [5, 5.41) is 0. The number of fused-ring (bicyclic) bond motifs is 4. The molecule has 4 aromatic heterocycles. The van der Waals surface area contributed by atoms with Crippen LogP contribution in [0.25, 0.3) is 22.3 Å². The van der Waals surface area contributed by atoms with Crippen LogP contribution in [-0.4, -0.2) is 101 Å². The Morgan fingerprint density at radius 3 is 0.792 bits per heavy atom. The maximum absolute atomic E-state index is 15.0. The third-order valence-corrected chi connectivity index (χ3v) is 30.1. The van der Waals surface area contributed by atoms with Crippen LogP contribution in [0.15, 0.2) is 18.7 Å². The first kappa shape index (κ1) is 89.9. The minimum absolute atomic E-state index is 0. The Hall–Kier alpha value is -1.72. The van der Waals surface area contributed by atoms with Gasteiger partial charge in [-0.1, -0.05) is 235 Å². The molecule has 0 aliphatic carbocycles. The Labute approximate surface area is 684 Å². The largest absolute Gasteiger partial charge is 1.00 e. The number of unbranched alkanes of at least 4 members (excludes halogenated alkanes) is 4. The van der Waals surface area contributed by atoms with Crippen molar-refractivity contribution in [3.63, 3.8) is 0 Å². The van der Waals surface area contributed by atoms with E-state index in [2.05, 4.69) is 237 Å². The summed E-state index contributed by atoms with van der Waals surface area (Å²) in [6, 6.07) is 0. The summed E-state index contributed by atoms with van der Waals surface area (Å²) < 4.78 is 1.76. The number of amides is 4. The third kappa shape index (κ3) is 22.3. The summed E-state index contributed by atoms with van der Waals surface area (Å²) in [6.07, 6.45) is 23.2. The van der Waals surface area contributed by atoms with Crippen molar-refractivity contribution in [2.24, 2.45) is 23.7 Å². The fourth-order valence-corrected chi connectivity index (χ4v) is 23.2. The van der Waals surface area contributed by atoms with Gasteiger partial charge in [0.2, 0.25) is 0 Å². The van der Waals surface area contributed by atoms with E-state index in [1.807, 2.05) is 19.6 Å². The normalized spacial score (nSPS) is 16.7. The summed E-state index contributed by atoms with van der Waals surface area (Å²) in [5.74, 6) is 15.4. The molecule has 4 aliphatic heterocycles. The molecular formula is C79H113Br2N4NaO4S7Si4. The minimum atomic E-state index is -1.65. The van der Waals surface area contributed by atoms with E-state index in [9.17, 15) is 19.2 Å². The molecule has 0 radical (unpaired) electrons. The van der Waals surface area contributed by atoms with Crippen molar-refractivity contribution in [3.8, 4) is 45.9 Å². The molecule has 8 heterocycles. The monoisotopic (exact) mass is 1700 g/mol. The van der Waals surface area contributed by atoms with Crippen LogP contribution >= 0.6 is 101 Å². The van der Waals surface area contributed by atoms with E-state index in [0.29, 0.717) is 72.1 Å². The standard InChI is InChI=1S/C40H58N2O2S4Si2.C38H52Br2N2O2S2Si2.CH4S.Na/c1-13-17-19-27(15-3)25-41-33-35(45-5)29(21-23-49(7,8)9)47-37(33)31(39(41)43)32-38-34(36(46-6)30(48-38)22-24-50(10,11)12)42(40(32)44)26-28(16-4)20-18-14-2;1-11-15-17-25(13-3)23-41-33-31(39)27(19-21-47(5,6)7)45-35(33)29(37(41)43)30-36-34(32(40)28(46-36)20-22-48(8,9)10)42(38(30)44)24-26(14-4)18-16-12-2;1-2;/h27-28H,13-20,25-26H2,1-12H3;25-26H,11-18,23-24H2,1-10H3;2H,1H3;/q;;;+1/p-1/b32-31+;30-29+;;. The summed E-state index contributed by atoms with van der Waals surface area (Å²) in [7, 11) is -6.59. The molecule has 0 fully saturated rings. The number of carbonyl (C=O) groups is 4. The predicted octanol–water partition coefficient (Wildman–Crippen LogP) is 20.7. The predicted molar refractivity (Wildman–Crippen MR) is 467 cm³/mol. The van der Waals surface area contributed by atoms with E-state index in [1.165, 1.54) is 0 Å². The molecule has 22 heteroatoms. The van der Waals surface area contributed by atoms with Crippen LogP contribution in [0.4, 0.5) is 22.7 Å². The number of anilines is 4. The summed E-state index contributed by atoms with van der Waals surface area (Å²) >= 11 is 21.6. The number of nitrogens with zero attached hydrogens (tertiary/aromatic N) is 4. The number of carbonyl (C=O) groups excluding carboxylic acids is 4. The maximum atomic E-state index is 15.0. The van der Waals surface area contributed by atoms with Gasteiger partial charge in [-0.15, -0.1) is 91.0 Å². The van der Waals surface area contributed by atoms with Crippen molar-refractivity contribution < 1.29 is 48.7 Å². The molecule has 8 nitrogen and oxygen atoms in total. The first-order valence-corrected chi connectivity index (χ1v) is 58.7. The van der Waals surface area contributed by atoms with Crippen LogP contribution < -0.4 is 49.2 Å². The average Bonchev–Trinajstić information content (AvgIpc) is 1.56.